The number of aromatic nitrogens is 2. The molecule has 1 atom stereocenters. The van der Waals surface area contributed by atoms with E-state index in [2.05, 4.69) is 55.1 Å². The molecule has 0 N–H and O–H groups in total. The number of allylic oxidation sites excluding steroid dienone is 1. The molecule has 0 aliphatic rings. The fourth-order valence-electron chi connectivity index (χ4n) is 3.63. The van der Waals surface area contributed by atoms with Crippen molar-refractivity contribution in [1.82, 2.24) is 9.78 Å². The summed E-state index contributed by atoms with van der Waals surface area (Å²) in [6.07, 6.45) is 3.14. The molecule has 0 radical (unpaired) electrons. The van der Waals surface area contributed by atoms with E-state index in [1.165, 1.54) is 5.56 Å². The number of aryl methyl sites for hydroxylation is 2. The van der Waals surface area contributed by atoms with Crippen LogP contribution in [-0.4, -0.2) is 35.3 Å². The van der Waals surface area contributed by atoms with E-state index in [0.717, 1.165) is 40.9 Å². The average Bonchev–Trinajstić information content (AvgIpc) is 3.00. The van der Waals surface area contributed by atoms with Crippen molar-refractivity contribution in [1.29, 1.82) is 0 Å². The van der Waals surface area contributed by atoms with Crippen LogP contribution in [0, 0.1) is 13.8 Å². The Kier molecular flexibility index (Phi) is 9.03. The van der Waals surface area contributed by atoms with Crippen LogP contribution in [0.5, 0.6) is 0 Å². The van der Waals surface area contributed by atoms with Gasteiger partial charge in [-0.15, -0.1) is 0 Å². The van der Waals surface area contributed by atoms with Gasteiger partial charge in [-0.3, -0.25) is 14.5 Å². The minimum absolute atomic E-state index is 0.0531. The van der Waals surface area contributed by atoms with Crippen molar-refractivity contribution in [3.05, 3.63) is 52.3 Å². The van der Waals surface area contributed by atoms with Gasteiger partial charge in [0.2, 0.25) is 6.29 Å². The molecule has 6 nitrogen and oxygen atoms in total. The van der Waals surface area contributed by atoms with Crippen LogP contribution in [0.4, 0.5) is 0 Å². The number of hydrogen-bond acceptors (Lipinski definition) is 5. The Morgan fingerprint density at radius 3 is 2.30 bits per heavy atom. The topological polar surface area (TPSA) is 65.7 Å². The molecule has 0 spiro atoms. The number of nitrogens with zero attached hydrogens (tertiary/aromatic N) is 3. The molecule has 180 valence electrons. The zero-order valence-corrected chi connectivity index (χ0v) is 21.7. The number of unbranched alkanes of at least 4 members (excludes halogenated alkanes) is 1. The van der Waals surface area contributed by atoms with Crippen molar-refractivity contribution >= 4 is 23.5 Å². The Labute approximate surface area is 198 Å². The molecule has 6 heteroatoms. The molecular formula is C27H39N3O3. The molecule has 0 amide bonds. The first kappa shape index (κ1) is 26.4. The van der Waals surface area contributed by atoms with Gasteiger partial charge in [0.15, 0.2) is 5.76 Å². The van der Waals surface area contributed by atoms with Gasteiger partial charge in [-0.2, -0.15) is 5.10 Å². The number of ether oxygens (including phenoxy) is 2. The van der Waals surface area contributed by atoms with Crippen molar-refractivity contribution < 1.29 is 14.3 Å². The van der Waals surface area contributed by atoms with Crippen molar-refractivity contribution in [2.75, 3.05) is 7.05 Å². The summed E-state index contributed by atoms with van der Waals surface area (Å²) in [7, 11) is 3.62. The second-order valence-corrected chi connectivity index (χ2v) is 9.42. The second kappa shape index (κ2) is 11.3. The summed E-state index contributed by atoms with van der Waals surface area (Å²) < 4.78 is 13.7. The van der Waals surface area contributed by atoms with Crippen LogP contribution in [0.1, 0.15) is 82.0 Å². The second-order valence-electron chi connectivity index (χ2n) is 9.42. The molecule has 1 unspecified atom stereocenters. The number of carbonyl (C=O) groups excluding carboxylic acids is 1. The van der Waals surface area contributed by atoms with E-state index in [1.54, 1.807) is 24.9 Å². The molecule has 0 fully saturated rings. The number of rotatable bonds is 9. The van der Waals surface area contributed by atoms with Gasteiger partial charge >= 0.3 is 5.97 Å². The van der Waals surface area contributed by atoms with Crippen LogP contribution in [0.3, 0.4) is 0 Å². The van der Waals surface area contributed by atoms with Gasteiger partial charge in [0.05, 0.1) is 5.69 Å². The highest BCUT2D eigenvalue weighted by Crippen LogP contribution is 2.32. The smallest absolute Gasteiger partial charge is 0.308 e. The van der Waals surface area contributed by atoms with Gasteiger partial charge in [0.25, 0.3) is 0 Å². The molecule has 0 saturated carbocycles. The summed E-state index contributed by atoms with van der Waals surface area (Å²) in [5.74, 6) is 0.322. The summed E-state index contributed by atoms with van der Waals surface area (Å²) in [6.45, 7) is 14.3. The van der Waals surface area contributed by atoms with E-state index < -0.39 is 6.29 Å². The van der Waals surface area contributed by atoms with E-state index in [0.29, 0.717) is 12.2 Å². The van der Waals surface area contributed by atoms with E-state index in [-0.39, 0.29) is 11.4 Å². The quantitative estimate of drug-likeness (QED) is 0.202. The molecule has 1 aromatic heterocycles. The molecule has 33 heavy (non-hydrogen) atoms. The van der Waals surface area contributed by atoms with Gasteiger partial charge in [-0.05, 0) is 36.8 Å². The Bertz CT molecular complexity index is 1010. The molecule has 0 aliphatic heterocycles. The first-order valence-corrected chi connectivity index (χ1v) is 11.6. The maximum atomic E-state index is 12.2. The van der Waals surface area contributed by atoms with E-state index in [4.69, 9.17) is 9.47 Å². The largest absolute Gasteiger partial charge is 0.452 e. The molecule has 0 aliphatic carbocycles. The fraction of sp³-hybridized carbons (Fsp3) is 0.519. The van der Waals surface area contributed by atoms with E-state index >= 15 is 0 Å². The lowest BCUT2D eigenvalue weighted by Crippen LogP contribution is -2.19. The molecule has 1 aromatic carbocycles. The Morgan fingerprint density at radius 1 is 1.18 bits per heavy atom. The van der Waals surface area contributed by atoms with Crippen molar-refractivity contribution in [2.45, 2.75) is 79.4 Å². The van der Waals surface area contributed by atoms with Gasteiger partial charge in [-0.1, -0.05) is 58.4 Å². The molecule has 1 heterocycles. The van der Waals surface area contributed by atoms with Gasteiger partial charge in [0.1, 0.15) is 5.69 Å². The predicted molar refractivity (Wildman–Crippen MR) is 135 cm³/mol. The maximum absolute atomic E-state index is 12.2. The van der Waals surface area contributed by atoms with Crippen LogP contribution < -0.4 is 0 Å². The van der Waals surface area contributed by atoms with Crippen LogP contribution >= 0.6 is 0 Å². The highest BCUT2D eigenvalue weighted by atomic mass is 16.7. The minimum atomic E-state index is -0.756. The van der Waals surface area contributed by atoms with Crippen molar-refractivity contribution in [2.24, 2.45) is 12.0 Å². The molecule has 2 rings (SSSR count). The average molecular weight is 454 g/mol. The lowest BCUT2D eigenvalue weighted by molar-refractivity contribution is -0.164. The molecular weight excluding hydrogens is 414 g/mol. The highest BCUT2D eigenvalue weighted by Gasteiger charge is 2.24. The molecule has 0 saturated heterocycles. The summed E-state index contributed by atoms with van der Waals surface area (Å²) in [5.41, 5.74) is 5.82. The van der Waals surface area contributed by atoms with E-state index in [9.17, 15) is 4.79 Å². The summed E-state index contributed by atoms with van der Waals surface area (Å²) >= 11 is 0. The zero-order valence-electron chi connectivity index (χ0n) is 21.7. The number of esters is 1. The standard InChI is InChI=1S/C27H39N3O3/c1-10-11-12-24(31)32-20(4)33-26(25-18(2)19(3)29-30(25)9)23(17-28-8)21-13-15-22(16-14-21)27(5,6)7/h13-17,20H,10-12H2,1-9H3/b26-23-,28-17-. The number of carbonyl (C=O) groups is 1. The first-order valence-electron chi connectivity index (χ1n) is 11.6. The number of aliphatic imine (C=N–C) groups is 1. The van der Waals surface area contributed by atoms with Crippen molar-refractivity contribution in [3.63, 3.8) is 0 Å². The van der Waals surface area contributed by atoms with Gasteiger partial charge in [0, 0.05) is 44.8 Å². The van der Waals surface area contributed by atoms with E-state index in [1.807, 2.05) is 27.8 Å². The normalized spacial score (nSPS) is 13.7. The monoisotopic (exact) mass is 453 g/mol. The Morgan fingerprint density at radius 2 is 1.82 bits per heavy atom. The van der Waals surface area contributed by atoms with Crippen LogP contribution in [-0.2, 0) is 26.7 Å². The van der Waals surface area contributed by atoms with Gasteiger partial charge in [-0.25, -0.2) is 0 Å². The maximum Gasteiger partial charge on any atom is 0.308 e. The third-order valence-electron chi connectivity index (χ3n) is 5.62. The molecule has 2 aromatic rings. The highest BCUT2D eigenvalue weighted by molar-refractivity contribution is 6.18. The Balaban J connectivity index is 2.60. The van der Waals surface area contributed by atoms with Crippen molar-refractivity contribution in [3.8, 4) is 0 Å². The lowest BCUT2D eigenvalue weighted by Gasteiger charge is -2.22. The third kappa shape index (κ3) is 6.80. The SMILES string of the molecule is CCCCC(=O)OC(C)O/C(=C(/C=N\C)c1ccc(C(C)(C)C)cc1)c1c(C)c(C)nn1C. The lowest BCUT2D eigenvalue weighted by atomic mass is 9.86. The summed E-state index contributed by atoms with van der Waals surface area (Å²) in [4.78, 5) is 16.5. The Hall–Kier alpha value is -2.89. The van der Waals surface area contributed by atoms with Crippen LogP contribution in [0.15, 0.2) is 29.3 Å². The summed E-state index contributed by atoms with van der Waals surface area (Å²) in [6, 6.07) is 8.42. The minimum Gasteiger partial charge on any atom is -0.452 e. The molecule has 0 bridgehead atoms. The third-order valence-corrected chi connectivity index (χ3v) is 5.62. The fourth-order valence-corrected chi connectivity index (χ4v) is 3.63. The zero-order chi connectivity index (χ0) is 24.8. The summed E-state index contributed by atoms with van der Waals surface area (Å²) in [5, 5.41) is 4.57. The van der Waals surface area contributed by atoms with Gasteiger partial charge < -0.3 is 9.47 Å². The first-order chi connectivity index (χ1) is 15.5. The predicted octanol–water partition coefficient (Wildman–Crippen LogP) is 6.00. The van der Waals surface area contributed by atoms with Crippen LogP contribution in [0.25, 0.3) is 11.3 Å². The van der Waals surface area contributed by atoms with Crippen LogP contribution in [0.2, 0.25) is 0 Å². The number of benzene rings is 1. The number of hydrogen-bond donors (Lipinski definition) is 0.